The average molecular weight is 556 g/mol. The molecule has 1 fully saturated rings. The summed E-state index contributed by atoms with van der Waals surface area (Å²) in [5.41, 5.74) is 4.89. The van der Waals surface area contributed by atoms with Gasteiger partial charge in [-0.2, -0.15) is 0 Å². The highest BCUT2D eigenvalue weighted by Crippen LogP contribution is 2.23. The van der Waals surface area contributed by atoms with E-state index >= 15 is 0 Å². The lowest BCUT2D eigenvalue weighted by molar-refractivity contribution is 0.0664. The Kier molecular flexibility index (Phi) is 7.89. The van der Waals surface area contributed by atoms with Crippen LogP contribution >= 0.6 is 0 Å². The molecule has 0 atom stereocenters. The molecule has 6 heteroatoms. The molecule has 0 N–H and O–H groups in total. The summed E-state index contributed by atoms with van der Waals surface area (Å²) >= 11 is 0. The van der Waals surface area contributed by atoms with E-state index in [1.165, 1.54) is 16.3 Å². The number of likely N-dealkylation sites (N-methyl/N-ethyl adjacent to an activating group) is 1. The quantitative estimate of drug-likeness (QED) is 0.287. The predicted molar refractivity (Wildman–Crippen MR) is 171 cm³/mol. The number of hydrogen-bond donors (Lipinski definition) is 0. The first-order valence-electron chi connectivity index (χ1n) is 14.6. The molecule has 3 aromatic carbocycles. The van der Waals surface area contributed by atoms with E-state index < -0.39 is 0 Å². The molecule has 0 bridgehead atoms. The van der Waals surface area contributed by atoms with Crippen molar-refractivity contribution in [2.45, 2.75) is 19.5 Å². The molecule has 0 radical (unpaired) electrons. The van der Waals surface area contributed by atoms with Gasteiger partial charge >= 0.3 is 0 Å². The number of benzene rings is 3. The molecule has 6 rings (SSSR count). The molecule has 2 aromatic heterocycles. The molecule has 3 heterocycles. The van der Waals surface area contributed by atoms with Crippen LogP contribution in [0.4, 0.5) is 0 Å². The van der Waals surface area contributed by atoms with Gasteiger partial charge in [-0.3, -0.25) is 4.79 Å². The second-order valence-corrected chi connectivity index (χ2v) is 11.1. The van der Waals surface area contributed by atoms with Crippen molar-refractivity contribution in [1.29, 1.82) is 0 Å². The highest BCUT2D eigenvalue weighted by atomic mass is 16.2. The molecule has 6 nitrogen and oxygen atoms in total. The van der Waals surface area contributed by atoms with Crippen LogP contribution in [0.3, 0.4) is 0 Å². The van der Waals surface area contributed by atoms with Crippen LogP contribution < -0.4 is 10.4 Å². The zero-order valence-corrected chi connectivity index (χ0v) is 24.2. The van der Waals surface area contributed by atoms with Crippen LogP contribution in [0.25, 0.3) is 22.9 Å². The van der Waals surface area contributed by atoms with Gasteiger partial charge in [-0.15, -0.1) is 0 Å². The van der Waals surface area contributed by atoms with E-state index in [1.54, 1.807) is 0 Å². The summed E-state index contributed by atoms with van der Waals surface area (Å²) in [6.45, 7) is 13.0. The fourth-order valence-electron chi connectivity index (χ4n) is 5.82. The number of allylic oxidation sites excluding steroid dienone is 1. The molecule has 1 saturated heterocycles. The maximum Gasteiger partial charge on any atom is 0.256 e. The third-order valence-corrected chi connectivity index (χ3v) is 8.30. The number of fused-ring (bicyclic) bond motifs is 1. The summed E-state index contributed by atoms with van der Waals surface area (Å²) in [4.78, 5) is 22.6. The van der Waals surface area contributed by atoms with Crippen LogP contribution in [0.15, 0.2) is 104 Å². The first kappa shape index (κ1) is 27.5. The fraction of sp³-hybridized carbons (Fsp3) is 0.222. The number of amides is 1. The molecule has 5 aromatic rings. The minimum absolute atomic E-state index is 0.0579. The van der Waals surface area contributed by atoms with Crippen LogP contribution in [0.5, 0.6) is 0 Å². The molecule has 42 heavy (non-hydrogen) atoms. The normalized spacial score (nSPS) is 14.7. The molecule has 1 aliphatic rings. The van der Waals surface area contributed by atoms with Crippen molar-refractivity contribution in [2.75, 3.05) is 33.2 Å². The molecule has 1 amide bonds. The van der Waals surface area contributed by atoms with E-state index in [2.05, 4.69) is 87.9 Å². The number of piperazine rings is 1. The zero-order valence-electron chi connectivity index (χ0n) is 24.2. The second-order valence-electron chi connectivity index (χ2n) is 11.1. The summed E-state index contributed by atoms with van der Waals surface area (Å²) in [7, 11) is 2.10. The molecule has 0 spiro atoms. The lowest BCUT2D eigenvalue weighted by Crippen LogP contribution is -2.47. The van der Waals surface area contributed by atoms with E-state index in [1.807, 2.05) is 54.0 Å². The molecular formula is C36H37N5O. The topological polar surface area (TPSA) is 46.3 Å². The number of carbonyl (C=O) groups is 1. The van der Waals surface area contributed by atoms with Gasteiger partial charge in [0.25, 0.3) is 5.91 Å². The average Bonchev–Trinajstić information content (AvgIpc) is 3.64. The molecular weight excluding hydrogens is 518 g/mol. The predicted octanol–water partition coefficient (Wildman–Crippen LogP) is 4.31. The first-order chi connectivity index (χ1) is 20.5. The lowest BCUT2D eigenvalue weighted by atomic mass is 10.00. The number of rotatable bonds is 8. The Balaban J connectivity index is 1.31. The van der Waals surface area contributed by atoms with Crippen molar-refractivity contribution < 1.29 is 4.79 Å². The summed E-state index contributed by atoms with van der Waals surface area (Å²) in [6, 6.07) is 23.1. The SMILES string of the molecule is C=C/C(c1cn(Cc2cncn2CCc2ccc3ccccc3c2)cc1C(=O)N1CCN(C)CC1)=c1/ccccc1=C. The number of imidazole rings is 1. The molecule has 0 unspecified atom stereocenters. The van der Waals surface area contributed by atoms with Gasteiger partial charge in [0.1, 0.15) is 0 Å². The summed E-state index contributed by atoms with van der Waals surface area (Å²) in [5, 5.41) is 4.41. The van der Waals surface area contributed by atoms with Crippen LogP contribution in [-0.2, 0) is 19.5 Å². The molecule has 0 saturated carbocycles. The Hall–Kier alpha value is -4.68. The summed E-state index contributed by atoms with van der Waals surface area (Å²) < 4.78 is 4.32. The van der Waals surface area contributed by atoms with Gasteiger partial charge in [0.15, 0.2) is 0 Å². The van der Waals surface area contributed by atoms with E-state index in [4.69, 9.17) is 0 Å². The summed E-state index contributed by atoms with van der Waals surface area (Å²) in [5.74, 6) is 0.0579. The largest absolute Gasteiger partial charge is 0.347 e. The van der Waals surface area contributed by atoms with Crippen molar-refractivity contribution in [2.24, 2.45) is 0 Å². The van der Waals surface area contributed by atoms with Crippen LogP contribution in [0.2, 0.25) is 0 Å². The van der Waals surface area contributed by atoms with Crippen molar-refractivity contribution in [3.63, 3.8) is 0 Å². The van der Waals surface area contributed by atoms with Gasteiger partial charge in [-0.25, -0.2) is 4.98 Å². The Morgan fingerprint density at radius 3 is 2.45 bits per heavy atom. The van der Waals surface area contributed by atoms with E-state index in [9.17, 15) is 4.79 Å². The van der Waals surface area contributed by atoms with E-state index in [0.717, 1.165) is 66.4 Å². The fourth-order valence-corrected chi connectivity index (χ4v) is 5.82. The highest BCUT2D eigenvalue weighted by Gasteiger charge is 2.25. The van der Waals surface area contributed by atoms with Gasteiger partial charge in [0, 0.05) is 56.9 Å². The van der Waals surface area contributed by atoms with Gasteiger partial charge in [0.05, 0.1) is 24.1 Å². The maximum absolute atomic E-state index is 13.9. The number of hydrogen-bond acceptors (Lipinski definition) is 3. The van der Waals surface area contributed by atoms with E-state index in [-0.39, 0.29) is 5.91 Å². The van der Waals surface area contributed by atoms with Gasteiger partial charge < -0.3 is 18.9 Å². The Labute approximate surface area is 247 Å². The van der Waals surface area contributed by atoms with Crippen LogP contribution in [0, 0.1) is 0 Å². The monoisotopic (exact) mass is 555 g/mol. The van der Waals surface area contributed by atoms with Crippen molar-refractivity contribution in [3.05, 3.63) is 137 Å². The maximum atomic E-state index is 13.9. The number of aryl methyl sites for hydroxylation is 2. The minimum Gasteiger partial charge on any atom is -0.347 e. The highest BCUT2D eigenvalue weighted by molar-refractivity contribution is 6.00. The second kappa shape index (κ2) is 12.0. The summed E-state index contributed by atoms with van der Waals surface area (Å²) in [6.07, 6.45) is 10.6. The molecule has 0 aliphatic carbocycles. The number of carbonyl (C=O) groups excluding carboxylic acids is 1. The van der Waals surface area contributed by atoms with E-state index in [0.29, 0.717) is 12.1 Å². The standard InChI is InChI=1S/C36H37N5O/c1-4-32(33-12-8-5-9-27(33)2)34-24-39(25-35(34)36(42)40-19-17-38(3)18-20-40)23-31-22-37-26-41(31)16-15-28-13-14-29-10-6-7-11-30(29)21-28/h4-14,21-22,24-26H,1-2,15-20,23H2,3H3/b33-32+. The third kappa shape index (κ3) is 5.71. The Bertz CT molecular complexity index is 1860. The van der Waals surface area contributed by atoms with Crippen molar-refractivity contribution >= 4 is 28.8 Å². The van der Waals surface area contributed by atoms with Gasteiger partial charge in [-0.05, 0) is 45.8 Å². The van der Waals surface area contributed by atoms with Crippen molar-refractivity contribution in [1.82, 2.24) is 23.9 Å². The third-order valence-electron chi connectivity index (χ3n) is 8.30. The Morgan fingerprint density at radius 2 is 1.67 bits per heavy atom. The smallest absolute Gasteiger partial charge is 0.256 e. The van der Waals surface area contributed by atoms with Crippen molar-refractivity contribution in [3.8, 4) is 0 Å². The number of nitrogens with zero attached hydrogens (tertiary/aromatic N) is 5. The molecule has 1 aliphatic heterocycles. The van der Waals surface area contributed by atoms with Crippen LogP contribution in [-0.4, -0.2) is 63.1 Å². The zero-order chi connectivity index (χ0) is 29.1. The van der Waals surface area contributed by atoms with Gasteiger partial charge in [0.2, 0.25) is 0 Å². The van der Waals surface area contributed by atoms with Gasteiger partial charge in [-0.1, -0.05) is 86.0 Å². The lowest BCUT2D eigenvalue weighted by Gasteiger charge is -2.32. The minimum atomic E-state index is 0.0579. The first-order valence-corrected chi connectivity index (χ1v) is 14.6. The molecule has 212 valence electrons. The Morgan fingerprint density at radius 1 is 0.929 bits per heavy atom. The van der Waals surface area contributed by atoms with Crippen LogP contribution in [0.1, 0.15) is 27.2 Å². The number of aromatic nitrogens is 3.